The van der Waals surface area contributed by atoms with Crippen LogP contribution in [0.2, 0.25) is 0 Å². The van der Waals surface area contributed by atoms with Gasteiger partial charge in [-0.3, -0.25) is 4.40 Å². The van der Waals surface area contributed by atoms with Gasteiger partial charge in [0, 0.05) is 45.3 Å². The molecule has 2 aromatic rings. The molecule has 3 heterocycles. The first-order valence-corrected chi connectivity index (χ1v) is 6.93. The van der Waals surface area contributed by atoms with Crippen molar-refractivity contribution in [3.8, 4) is 0 Å². The number of hydrogen-bond acceptors (Lipinski definition) is 4. The molecule has 0 radical (unpaired) electrons. The summed E-state index contributed by atoms with van der Waals surface area (Å²) in [5.41, 5.74) is 2.19. The average molecular weight is 259 g/mol. The zero-order valence-corrected chi connectivity index (χ0v) is 11.7. The molecule has 0 bridgehead atoms. The lowest BCUT2D eigenvalue weighted by Crippen LogP contribution is -2.45. The van der Waals surface area contributed by atoms with Crippen LogP contribution in [-0.2, 0) is 6.42 Å². The van der Waals surface area contributed by atoms with Gasteiger partial charge in [-0.2, -0.15) is 0 Å². The van der Waals surface area contributed by atoms with Gasteiger partial charge in [0.15, 0.2) is 5.65 Å². The molecule has 0 amide bonds. The normalized spacial score (nSPS) is 18.2. The van der Waals surface area contributed by atoms with Crippen LogP contribution in [0.1, 0.15) is 11.4 Å². The molecule has 0 N–H and O–H groups in total. The van der Waals surface area contributed by atoms with E-state index < -0.39 is 0 Å². The number of likely N-dealkylation sites (N-methyl/N-ethyl adjacent to an activating group) is 1. The van der Waals surface area contributed by atoms with E-state index in [9.17, 15) is 0 Å². The summed E-state index contributed by atoms with van der Waals surface area (Å²) in [6.45, 7) is 7.82. The predicted molar refractivity (Wildman–Crippen MR) is 75.4 cm³/mol. The Morgan fingerprint density at radius 1 is 1.11 bits per heavy atom. The van der Waals surface area contributed by atoms with Crippen LogP contribution in [0, 0.1) is 6.92 Å². The molecule has 1 saturated heterocycles. The number of aryl methyl sites for hydroxylation is 1. The van der Waals surface area contributed by atoms with E-state index in [1.54, 1.807) is 0 Å². The lowest BCUT2D eigenvalue weighted by atomic mass is 10.3. The summed E-state index contributed by atoms with van der Waals surface area (Å²) in [6.07, 6.45) is 3.09. The first-order chi connectivity index (χ1) is 9.22. The molecule has 19 heavy (non-hydrogen) atoms. The number of rotatable bonds is 3. The molecule has 0 aliphatic carbocycles. The number of fused-ring (bicyclic) bond motifs is 1. The van der Waals surface area contributed by atoms with Gasteiger partial charge >= 0.3 is 0 Å². The van der Waals surface area contributed by atoms with Crippen LogP contribution < -0.4 is 0 Å². The number of nitrogens with zero attached hydrogens (tertiary/aromatic N) is 5. The minimum atomic E-state index is 0.943. The van der Waals surface area contributed by atoms with Crippen LogP contribution in [0.3, 0.4) is 0 Å². The van der Waals surface area contributed by atoms with Crippen LogP contribution >= 0.6 is 0 Å². The Bertz CT molecular complexity index is 554. The lowest BCUT2D eigenvalue weighted by molar-refractivity contribution is 0.155. The summed E-state index contributed by atoms with van der Waals surface area (Å²) in [7, 11) is 2.19. The maximum atomic E-state index is 4.31. The van der Waals surface area contributed by atoms with Crippen LogP contribution in [0.15, 0.2) is 18.3 Å². The van der Waals surface area contributed by atoms with Crippen molar-refractivity contribution in [2.24, 2.45) is 0 Å². The highest BCUT2D eigenvalue weighted by Gasteiger charge is 2.14. The third-order valence-electron chi connectivity index (χ3n) is 3.87. The first kappa shape index (κ1) is 12.6. The van der Waals surface area contributed by atoms with Crippen LogP contribution in [-0.4, -0.2) is 64.2 Å². The first-order valence-electron chi connectivity index (χ1n) is 6.93. The van der Waals surface area contributed by atoms with Crippen molar-refractivity contribution in [2.45, 2.75) is 13.3 Å². The zero-order chi connectivity index (χ0) is 13.2. The van der Waals surface area contributed by atoms with Crippen LogP contribution in [0.25, 0.3) is 5.65 Å². The minimum absolute atomic E-state index is 0.943. The second kappa shape index (κ2) is 5.27. The van der Waals surface area contributed by atoms with E-state index >= 15 is 0 Å². The Morgan fingerprint density at radius 2 is 1.89 bits per heavy atom. The predicted octanol–water partition coefficient (Wildman–Crippen LogP) is 0.828. The summed E-state index contributed by atoms with van der Waals surface area (Å²) in [5.74, 6) is 1.07. The lowest BCUT2D eigenvalue weighted by Gasteiger charge is -2.32. The topological polar surface area (TPSA) is 36.7 Å². The molecule has 1 fully saturated rings. The molecule has 5 nitrogen and oxygen atoms in total. The van der Waals surface area contributed by atoms with Gasteiger partial charge in [-0.1, -0.05) is 6.07 Å². The van der Waals surface area contributed by atoms with Gasteiger partial charge in [0.1, 0.15) is 5.82 Å². The number of piperazine rings is 1. The van der Waals surface area contributed by atoms with Gasteiger partial charge in [0.05, 0.1) is 0 Å². The van der Waals surface area contributed by atoms with Crippen molar-refractivity contribution in [3.05, 3.63) is 29.7 Å². The van der Waals surface area contributed by atoms with E-state index in [-0.39, 0.29) is 0 Å². The molecule has 2 aromatic heterocycles. The van der Waals surface area contributed by atoms with Crippen molar-refractivity contribution >= 4 is 5.65 Å². The molecule has 0 aromatic carbocycles. The molecule has 1 aliphatic rings. The maximum Gasteiger partial charge on any atom is 0.160 e. The fraction of sp³-hybridized carbons (Fsp3) is 0.571. The van der Waals surface area contributed by atoms with Gasteiger partial charge in [0.2, 0.25) is 0 Å². The highest BCUT2D eigenvalue weighted by atomic mass is 15.3. The van der Waals surface area contributed by atoms with Crippen LogP contribution in [0.5, 0.6) is 0 Å². The van der Waals surface area contributed by atoms with E-state index in [0.717, 1.165) is 37.5 Å². The summed E-state index contributed by atoms with van der Waals surface area (Å²) < 4.78 is 2.12. The second-order valence-electron chi connectivity index (χ2n) is 5.45. The number of aromatic nitrogens is 3. The van der Waals surface area contributed by atoms with Gasteiger partial charge in [-0.15, -0.1) is 10.2 Å². The Morgan fingerprint density at radius 3 is 2.68 bits per heavy atom. The van der Waals surface area contributed by atoms with Gasteiger partial charge in [0.25, 0.3) is 0 Å². The van der Waals surface area contributed by atoms with Gasteiger partial charge in [-0.25, -0.2) is 0 Å². The molecule has 5 heteroatoms. The largest absolute Gasteiger partial charge is 0.304 e. The highest BCUT2D eigenvalue weighted by molar-refractivity contribution is 5.39. The Balaban J connectivity index is 1.67. The third-order valence-corrected chi connectivity index (χ3v) is 3.87. The quantitative estimate of drug-likeness (QED) is 0.818. The minimum Gasteiger partial charge on any atom is -0.304 e. The third kappa shape index (κ3) is 2.77. The van der Waals surface area contributed by atoms with Crippen LogP contribution in [0.4, 0.5) is 0 Å². The Kier molecular flexibility index (Phi) is 3.48. The maximum absolute atomic E-state index is 4.31. The van der Waals surface area contributed by atoms with Gasteiger partial charge < -0.3 is 9.80 Å². The van der Waals surface area contributed by atoms with E-state index in [2.05, 4.69) is 50.6 Å². The summed E-state index contributed by atoms with van der Waals surface area (Å²) in [5, 5.41) is 8.53. The van der Waals surface area contributed by atoms with E-state index in [1.165, 1.54) is 18.7 Å². The van der Waals surface area contributed by atoms with E-state index in [0.29, 0.717) is 0 Å². The van der Waals surface area contributed by atoms with Gasteiger partial charge in [-0.05, 0) is 25.6 Å². The number of hydrogen-bond donors (Lipinski definition) is 0. The molecule has 3 rings (SSSR count). The standard InChI is InChI=1S/C14H21N5/c1-12-3-4-13-15-16-14(19(13)11-12)5-6-18-9-7-17(2)8-10-18/h3-4,11H,5-10H2,1-2H3. The summed E-state index contributed by atoms with van der Waals surface area (Å²) in [4.78, 5) is 4.89. The summed E-state index contributed by atoms with van der Waals surface area (Å²) >= 11 is 0. The molecular weight excluding hydrogens is 238 g/mol. The molecule has 0 unspecified atom stereocenters. The smallest absolute Gasteiger partial charge is 0.160 e. The van der Waals surface area contributed by atoms with Crippen molar-refractivity contribution in [1.82, 2.24) is 24.4 Å². The zero-order valence-electron chi connectivity index (χ0n) is 11.7. The number of pyridine rings is 1. The average Bonchev–Trinajstić information content (AvgIpc) is 2.80. The Hall–Kier alpha value is -1.46. The fourth-order valence-corrected chi connectivity index (χ4v) is 2.54. The van der Waals surface area contributed by atoms with E-state index in [1.807, 2.05) is 6.07 Å². The molecule has 102 valence electrons. The molecule has 1 aliphatic heterocycles. The molecule has 0 atom stereocenters. The van der Waals surface area contributed by atoms with Crippen molar-refractivity contribution in [1.29, 1.82) is 0 Å². The fourth-order valence-electron chi connectivity index (χ4n) is 2.54. The SMILES string of the molecule is Cc1ccc2nnc(CCN3CCN(C)CC3)n2c1. The second-order valence-corrected chi connectivity index (χ2v) is 5.45. The van der Waals surface area contributed by atoms with Crippen molar-refractivity contribution < 1.29 is 0 Å². The highest BCUT2D eigenvalue weighted by Crippen LogP contribution is 2.08. The Labute approximate surface area is 113 Å². The molecule has 0 saturated carbocycles. The monoisotopic (exact) mass is 259 g/mol. The van der Waals surface area contributed by atoms with Crippen molar-refractivity contribution in [2.75, 3.05) is 39.8 Å². The van der Waals surface area contributed by atoms with E-state index in [4.69, 9.17) is 0 Å². The molecular formula is C14H21N5. The molecule has 0 spiro atoms. The summed E-state index contributed by atoms with van der Waals surface area (Å²) in [6, 6.07) is 4.11. The van der Waals surface area contributed by atoms with Crippen molar-refractivity contribution in [3.63, 3.8) is 0 Å².